The minimum atomic E-state index is -0.794. The number of H-pyrrole nitrogens is 1. The molecule has 0 unspecified atom stereocenters. The number of fused-ring (bicyclic) bond motifs is 1. The molecule has 1 aromatic heterocycles. The summed E-state index contributed by atoms with van der Waals surface area (Å²) in [5.74, 6) is -1.12. The van der Waals surface area contributed by atoms with Gasteiger partial charge in [-0.15, -0.1) is 0 Å². The number of hydrogen-bond acceptors (Lipinski definition) is 6. The first-order valence-corrected chi connectivity index (χ1v) is 7.67. The number of benzene rings is 2. The monoisotopic (exact) mass is 380 g/mol. The number of Topliss-reactive ketones (excluding diaryl/α,β-unsaturated/α-hetero) is 1. The van der Waals surface area contributed by atoms with Gasteiger partial charge in [-0.25, -0.2) is 4.98 Å². The zero-order chi connectivity index (χ0) is 18.3. The van der Waals surface area contributed by atoms with Crippen molar-refractivity contribution >= 4 is 57.3 Å². The third-order valence-corrected chi connectivity index (χ3v) is 4.12. The smallest absolute Gasteiger partial charge is 0.339 e. The summed E-state index contributed by atoms with van der Waals surface area (Å²) >= 11 is 12.1. The van der Waals surface area contributed by atoms with E-state index in [-0.39, 0.29) is 22.5 Å². The lowest BCUT2D eigenvalue weighted by Gasteiger charge is -2.06. The van der Waals surface area contributed by atoms with Crippen LogP contribution in [0.3, 0.4) is 0 Å². The van der Waals surface area contributed by atoms with Gasteiger partial charge in [0.05, 0.1) is 31.7 Å². The van der Waals surface area contributed by atoms with Crippen molar-refractivity contribution in [2.24, 2.45) is 0 Å². The third-order valence-electron chi connectivity index (χ3n) is 3.49. The summed E-state index contributed by atoms with van der Waals surface area (Å²) in [6, 6.07) is 6.18. The molecule has 0 fully saturated rings. The van der Waals surface area contributed by atoms with E-state index in [1.165, 1.54) is 13.0 Å². The van der Waals surface area contributed by atoms with Crippen LogP contribution in [0.15, 0.2) is 24.3 Å². The predicted molar refractivity (Wildman–Crippen MR) is 94.2 cm³/mol. The van der Waals surface area contributed by atoms with E-state index in [2.05, 4.69) is 15.3 Å². The molecule has 25 heavy (non-hydrogen) atoms. The van der Waals surface area contributed by atoms with Crippen LogP contribution in [0.25, 0.3) is 11.0 Å². The maximum Gasteiger partial charge on any atom is 0.339 e. The van der Waals surface area contributed by atoms with Crippen molar-refractivity contribution < 1.29 is 14.8 Å². The van der Waals surface area contributed by atoms with E-state index in [1.807, 2.05) is 0 Å². The van der Waals surface area contributed by atoms with Gasteiger partial charge in [0, 0.05) is 0 Å². The van der Waals surface area contributed by atoms with E-state index in [9.17, 15) is 20.0 Å². The highest BCUT2D eigenvalue weighted by Gasteiger charge is 2.27. The number of halogens is 2. The molecule has 0 aliphatic rings. The topological polar surface area (TPSA) is 121 Å². The van der Waals surface area contributed by atoms with Crippen molar-refractivity contribution in [2.75, 3.05) is 5.32 Å². The molecule has 3 aromatic rings. The third kappa shape index (κ3) is 2.97. The number of phenolic OH excluding ortho intramolecular Hbond substituents is 1. The van der Waals surface area contributed by atoms with Crippen LogP contribution in [0.2, 0.25) is 10.0 Å². The molecule has 10 heteroatoms. The molecule has 0 atom stereocenters. The van der Waals surface area contributed by atoms with Gasteiger partial charge in [0.2, 0.25) is 11.7 Å². The number of aromatic nitrogens is 2. The number of aromatic hydroxyl groups is 1. The Morgan fingerprint density at radius 1 is 1.36 bits per heavy atom. The summed E-state index contributed by atoms with van der Waals surface area (Å²) < 4.78 is 0. The van der Waals surface area contributed by atoms with Gasteiger partial charge in [-0.1, -0.05) is 29.3 Å². The molecule has 0 spiro atoms. The number of nitro groups is 1. The van der Waals surface area contributed by atoms with Crippen LogP contribution in [0.1, 0.15) is 17.3 Å². The van der Waals surface area contributed by atoms with Crippen molar-refractivity contribution in [3.63, 3.8) is 0 Å². The first-order chi connectivity index (χ1) is 11.8. The molecule has 0 saturated carbocycles. The quantitative estimate of drug-likeness (QED) is 0.349. The van der Waals surface area contributed by atoms with Crippen LogP contribution in [-0.2, 0) is 0 Å². The fourth-order valence-corrected chi connectivity index (χ4v) is 2.85. The van der Waals surface area contributed by atoms with Crippen LogP contribution in [0.5, 0.6) is 5.75 Å². The van der Waals surface area contributed by atoms with Crippen LogP contribution in [-0.4, -0.2) is 25.8 Å². The zero-order valence-corrected chi connectivity index (χ0v) is 14.1. The summed E-state index contributed by atoms with van der Waals surface area (Å²) in [6.07, 6.45) is 0. The first-order valence-electron chi connectivity index (χ1n) is 6.91. The van der Waals surface area contributed by atoms with Gasteiger partial charge in [-0.05, 0) is 25.1 Å². The van der Waals surface area contributed by atoms with Gasteiger partial charge in [0.25, 0.3) is 0 Å². The molecule has 0 saturated heterocycles. The predicted octanol–water partition coefficient (Wildman–Crippen LogP) is 4.43. The van der Waals surface area contributed by atoms with E-state index in [4.69, 9.17) is 23.2 Å². The van der Waals surface area contributed by atoms with Gasteiger partial charge < -0.3 is 15.4 Å². The van der Waals surface area contributed by atoms with Gasteiger partial charge in [0.15, 0.2) is 11.3 Å². The summed E-state index contributed by atoms with van der Waals surface area (Å²) in [5.41, 5.74) is -0.357. The van der Waals surface area contributed by atoms with Crippen molar-refractivity contribution in [1.29, 1.82) is 0 Å². The number of ketones is 1. The standard InChI is InChI=1S/C15H10Cl2N4O4/c1-6(22)7-5-10-12(13(14(7)23)21(24)25)20-15(18-10)19-11-8(16)3-2-4-9(11)17/h2-5,23H,1H3,(H2,18,19,20). The molecule has 128 valence electrons. The van der Waals surface area contributed by atoms with Crippen molar-refractivity contribution in [3.05, 3.63) is 50.0 Å². The lowest BCUT2D eigenvalue weighted by molar-refractivity contribution is -0.384. The summed E-state index contributed by atoms with van der Waals surface area (Å²) in [5, 5.41) is 24.8. The number of hydrogen-bond donors (Lipinski definition) is 3. The van der Waals surface area contributed by atoms with Crippen molar-refractivity contribution in [2.45, 2.75) is 6.92 Å². The van der Waals surface area contributed by atoms with Crippen LogP contribution in [0.4, 0.5) is 17.3 Å². The molecule has 0 aliphatic carbocycles. The fraction of sp³-hybridized carbons (Fsp3) is 0.0667. The van der Waals surface area contributed by atoms with Crippen molar-refractivity contribution in [3.8, 4) is 5.75 Å². The Labute approximate surface area is 150 Å². The van der Waals surface area contributed by atoms with Gasteiger partial charge in [0.1, 0.15) is 0 Å². The Hall–Kier alpha value is -2.84. The second kappa shape index (κ2) is 6.23. The zero-order valence-electron chi connectivity index (χ0n) is 12.6. The maximum atomic E-state index is 11.6. The highest BCUT2D eigenvalue weighted by molar-refractivity contribution is 6.39. The fourth-order valence-electron chi connectivity index (χ4n) is 2.36. The number of carbonyl (C=O) groups is 1. The van der Waals surface area contributed by atoms with E-state index < -0.39 is 22.1 Å². The van der Waals surface area contributed by atoms with Gasteiger partial charge in [-0.2, -0.15) is 0 Å². The number of nitrogens with zero attached hydrogens (tertiary/aromatic N) is 2. The molecule has 0 amide bonds. The molecular weight excluding hydrogens is 371 g/mol. The Bertz CT molecular complexity index is 1010. The Morgan fingerprint density at radius 2 is 2.00 bits per heavy atom. The molecule has 8 nitrogen and oxygen atoms in total. The van der Waals surface area contributed by atoms with E-state index in [0.29, 0.717) is 15.7 Å². The molecule has 0 bridgehead atoms. The van der Waals surface area contributed by atoms with Crippen LogP contribution >= 0.6 is 23.2 Å². The largest absolute Gasteiger partial charge is 0.502 e. The van der Waals surface area contributed by atoms with E-state index in [1.54, 1.807) is 18.2 Å². The highest BCUT2D eigenvalue weighted by atomic mass is 35.5. The van der Waals surface area contributed by atoms with Crippen molar-refractivity contribution in [1.82, 2.24) is 9.97 Å². The number of phenols is 1. The molecule has 1 heterocycles. The molecule has 0 radical (unpaired) electrons. The number of aromatic amines is 1. The number of imidazole rings is 1. The number of para-hydroxylation sites is 1. The van der Waals surface area contributed by atoms with Crippen LogP contribution in [0, 0.1) is 10.1 Å². The van der Waals surface area contributed by atoms with E-state index in [0.717, 1.165) is 0 Å². The highest BCUT2D eigenvalue weighted by Crippen LogP contribution is 2.38. The minimum Gasteiger partial charge on any atom is -0.502 e. The molecular formula is C15H10Cl2N4O4. The SMILES string of the molecule is CC(=O)c1cc2[nH]c(Nc3c(Cl)cccc3Cl)nc2c([N+](=O)[O-])c1O. The lowest BCUT2D eigenvalue weighted by Crippen LogP contribution is -1.98. The second-order valence-corrected chi connectivity index (χ2v) is 5.95. The average molecular weight is 381 g/mol. The number of carbonyl (C=O) groups excluding carboxylic acids is 1. The Balaban J connectivity index is 2.19. The minimum absolute atomic E-state index is 0.0989. The Kier molecular flexibility index (Phi) is 4.23. The number of nitrogens with one attached hydrogen (secondary N) is 2. The lowest BCUT2D eigenvalue weighted by atomic mass is 10.1. The average Bonchev–Trinajstić information content (AvgIpc) is 2.91. The molecule has 3 N–H and O–H groups in total. The number of rotatable bonds is 4. The Morgan fingerprint density at radius 3 is 2.56 bits per heavy atom. The second-order valence-electron chi connectivity index (χ2n) is 5.14. The van der Waals surface area contributed by atoms with Gasteiger partial charge >= 0.3 is 5.69 Å². The number of nitro benzene ring substituents is 1. The summed E-state index contributed by atoms with van der Waals surface area (Å²) in [7, 11) is 0. The maximum absolute atomic E-state index is 11.6. The molecule has 2 aromatic carbocycles. The normalized spacial score (nSPS) is 10.8. The van der Waals surface area contributed by atoms with Gasteiger partial charge in [-0.3, -0.25) is 14.9 Å². The first kappa shape index (κ1) is 17.0. The molecule has 0 aliphatic heterocycles. The summed E-state index contributed by atoms with van der Waals surface area (Å²) in [4.78, 5) is 29.0. The summed E-state index contributed by atoms with van der Waals surface area (Å²) in [6.45, 7) is 1.20. The number of anilines is 2. The van der Waals surface area contributed by atoms with E-state index >= 15 is 0 Å². The molecule has 3 rings (SSSR count). The van der Waals surface area contributed by atoms with Crippen LogP contribution < -0.4 is 5.32 Å².